The molecule has 1 aliphatic carbocycles. The van der Waals surface area contributed by atoms with Gasteiger partial charge in [0.2, 0.25) is 0 Å². The summed E-state index contributed by atoms with van der Waals surface area (Å²) < 4.78 is 0. The van der Waals surface area contributed by atoms with Crippen molar-refractivity contribution in [1.82, 2.24) is 0 Å². The number of allylic oxidation sites excluding steroid dienone is 4. The predicted molar refractivity (Wildman–Crippen MR) is 43.8 cm³/mol. The molecule has 0 saturated carbocycles. The second-order valence-corrected chi connectivity index (χ2v) is 4.66. The third-order valence-corrected chi connectivity index (χ3v) is 1.47. The first kappa shape index (κ1) is 10.8. The Bertz CT molecular complexity index is 134. The van der Waals surface area contributed by atoms with Gasteiger partial charge in [-0.1, -0.05) is 23.3 Å². The van der Waals surface area contributed by atoms with Crippen molar-refractivity contribution in [2.45, 2.75) is 20.3 Å². The van der Waals surface area contributed by atoms with Gasteiger partial charge in [0.05, 0.1) is 0 Å². The van der Waals surface area contributed by atoms with Crippen LogP contribution in [-0.2, 0) is 17.0 Å². The summed E-state index contributed by atoms with van der Waals surface area (Å²) in [6.07, 6.45) is 5.64. The van der Waals surface area contributed by atoms with Crippen LogP contribution in [0.25, 0.3) is 0 Å². The first-order valence-corrected chi connectivity index (χ1v) is 7.32. The van der Waals surface area contributed by atoms with E-state index in [1.54, 1.807) is 0 Å². The first-order valence-electron chi connectivity index (χ1n) is 3.02. The van der Waals surface area contributed by atoms with Crippen LogP contribution in [0.1, 0.15) is 20.3 Å². The van der Waals surface area contributed by atoms with E-state index in [-0.39, 0.29) is 0 Å². The van der Waals surface area contributed by atoms with Gasteiger partial charge in [-0.3, -0.25) is 0 Å². The van der Waals surface area contributed by atoms with Crippen molar-refractivity contribution in [3.63, 3.8) is 0 Å². The van der Waals surface area contributed by atoms with Crippen LogP contribution in [0.2, 0.25) is 0 Å². The van der Waals surface area contributed by atoms with Crippen LogP contribution < -0.4 is 0 Å². The van der Waals surface area contributed by atoms with Crippen LogP contribution in [0.3, 0.4) is 0 Å². The molecule has 0 N–H and O–H groups in total. The minimum absolute atomic E-state index is 0.556. The zero-order valence-corrected chi connectivity index (χ0v) is 9.19. The van der Waals surface area contributed by atoms with Gasteiger partial charge in [0, 0.05) is 0 Å². The van der Waals surface area contributed by atoms with Crippen molar-refractivity contribution >= 4 is 18.6 Å². The first-order chi connectivity index (χ1) is 4.72. The van der Waals surface area contributed by atoms with Crippen molar-refractivity contribution in [3.8, 4) is 0 Å². The van der Waals surface area contributed by atoms with Crippen LogP contribution in [0.4, 0.5) is 0 Å². The molecular formula is C7H10Cl2Ti. The minimum atomic E-state index is -0.556. The van der Waals surface area contributed by atoms with Gasteiger partial charge >= 0.3 is 35.6 Å². The van der Waals surface area contributed by atoms with E-state index in [9.17, 15) is 0 Å². The molecule has 0 amide bonds. The molecule has 0 heterocycles. The Labute approximate surface area is 79.0 Å². The summed E-state index contributed by atoms with van der Waals surface area (Å²) in [5.41, 5.74) is 2.89. The van der Waals surface area contributed by atoms with Crippen LogP contribution in [0.15, 0.2) is 23.3 Å². The van der Waals surface area contributed by atoms with Gasteiger partial charge in [0.1, 0.15) is 0 Å². The summed E-state index contributed by atoms with van der Waals surface area (Å²) in [6, 6.07) is 0. The molecule has 0 atom stereocenters. The molecule has 0 aromatic rings. The van der Waals surface area contributed by atoms with Crippen LogP contribution in [0, 0.1) is 0 Å². The third-order valence-electron chi connectivity index (χ3n) is 1.47. The quantitative estimate of drug-likeness (QED) is 0.538. The van der Waals surface area contributed by atoms with Crippen molar-refractivity contribution in [1.29, 1.82) is 0 Å². The summed E-state index contributed by atoms with van der Waals surface area (Å²) in [5.74, 6) is 0. The zero-order chi connectivity index (χ0) is 7.98. The SMILES string of the molecule is CC1=CCC=C1C.[Cl][Ti][Cl]. The van der Waals surface area contributed by atoms with E-state index in [2.05, 4.69) is 26.0 Å². The normalized spacial score (nSPS) is 14.8. The molecule has 56 valence electrons. The van der Waals surface area contributed by atoms with E-state index in [4.69, 9.17) is 18.6 Å². The van der Waals surface area contributed by atoms with E-state index in [0.29, 0.717) is 0 Å². The summed E-state index contributed by atoms with van der Waals surface area (Å²) in [7, 11) is 9.78. The molecule has 3 heteroatoms. The Balaban J connectivity index is 0.000000236. The van der Waals surface area contributed by atoms with Gasteiger partial charge < -0.3 is 0 Å². The van der Waals surface area contributed by atoms with E-state index in [1.165, 1.54) is 11.1 Å². The molecule has 0 aromatic carbocycles. The molecular weight excluding hydrogens is 203 g/mol. The summed E-state index contributed by atoms with van der Waals surface area (Å²) in [5, 5.41) is 0. The van der Waals surface area contributed by atoms with Gasteiger partial charge in [0.25, 0.3) is 0 Å². The standard InChI is InChI=1S/C7H10.2ClH.Ti/c1-6-4-3-5-7(6)2;;;/h4-5H,3H2,1-2H3;2*1H;/q;;;+2/p-2. The molecule has 0 radical (unpaired) electrons. The Hall–Kier alpha value is 0.774. The van der Waals surface area contributed by atoms with Gasteiger partial charge in [-0.25, -0.2) is 0 Å². The molecule has 0 fully saturated rings. The van der Waals surface area contributed by atoms with Crippen molar-refractivity contribution in [2.24, 2.45) is 0 Å². The van der Waals surface area contributed by atoms with Crippen LogP contribution >= 0.6 is 18.6 Å². The maximum atomic E-state index is 4.89. The Morgan fingerprint density at radius 3 is 1.60 bits per heavy atom. The second kappa shape index (κ2) is 6.48. The monoisotopic (exact) mass is 212 g/mol. The summed E-state index contributed by atoms with van der Waals surface area (Å²) in [6.45, 7) is 4.30. The van der Waals surface area contributed by atoms with E-state index in [1.807, 2.05) is 0 Å². The van der Waals surface area contributed by atoms with Crippen molar-refractivity contribution in [2.75, 3.05) is 0 Å². The number of hydrogen-bond donors (Lipinski definition) is 0. The Morgan fingerprint density at radius 1 is 1.20 bits per heavy atom. The predicted octanol–water partition coefficient (Wildman–Crippen LogP) is 3.66. The van der Waals surface area contributed by atoms with E-state index < -0.39 is 17.0 Å². The second-order valence-electron chi connectivity index (χ2n) is 2.08. The number of rotatable bonds is 0. The maximum absolute atomic E-state index is 4.89. The van der Waals surface area contributed by atoms with Crippen molar-refractivity contribution in [3.05, 3.63) is 23.3 Å². The molecule has 0 aromatic heterocycles. The average Bonchev–Trinajstić information content (AvgIpc) is 2.19. The van der Waals surface area contributed by atoms with E-state index >= 15 is 0 Å². The van der Waals surface area contributed by atoms with Gasteiger partial charge in [-0.15, -0.1) is 0 Å². The van der Waals surface area contributed by atoms with Crippen molar-refractivity contribution < 1.29 is 17.0 Å². The number of hydrogen-bond acceptors (Lipinski definition) is 0. The van der Waals surface area contributed by atoms with Crippen LogP contribution in [-0.4, -0.2) is 0 Å². The molecule has 1 aliphatic rings. The Kier molecular flexibility index (Phi) is 6.98. The van der Waals surface area contributed by atoms with E-state index in [0.717, 1.165) is 6.42 Å². The fraction of sp³-hybridized carbons (Fsp3) is 0.429. The molecule has 0 nitrogen and oxygen atoms in total. The topological polar surface area (TPSA) is 0 Å². The molecule has 0 bridgehead atoms. The number of halogens is 2. The zero-order valence-electron chi connectivity index (χ0n) is 6.12. The summed E-state index contributed by atoms with van der Waals surface area (Å²) >= 11 is -0.556. The molecule has 1 rings (SSSR count). The Morgan fingerprint density at radius 2 is 1.50 bits per heavy atom. The molecule has 0 saturated heterocycles. The molecule has 0 spiro atoms. The van der Waals surface area contributed by atoms with Gasteiger partial charge in [-0.2, -0.15) is 0 Å². The van der Waals surface area contributed by atoms with Crippen LogP contribution in [0.5, 0.6) is 0 Å². The molecule has 0 unspecified atom stereocenters. The fourth-order valence-electron chi connectivity index (χ4n) is 0.734. The third kappa shape index (κ3) is 4.57. The average molecular weight is 213 g/mol. The van der Waals surface area contributed by atoms with Gasteiger partial charge in [-0.05, 0) is 20.3 Å². The molecule has 0 aliphatic heterocycles. The van der Waals surface area contributed by atoms with Gasteiger partial charge in [0.15, 0.2) is 0 Å². The fourth-order valence-corrected chi connectivity index (χ4v) is 0.734. The summed E-state index contributed by atoms with van der Waals surface area (Å²) in [4.78, 5) is 0. The molecule has 10 heavy (non-hydrogen) atoms.